The Bertz CT molecular complexity index is 390. The van der Waals surface area contributed by atoms with Gasteiger partial charge < -0.3 is 11.1 Å². The summed E-state index contributed by atoms with van der Waals surface area (Å²) in [6.45, 7) is 7.99. The quantitative estimate of drug-likeness (QED) is 0.812. The molecule has 1 aromatic rings. The van der Waals surface area contributed by atoms with Crippen molar-refractivity contribution in [2.45, 2.75) is 39.7 Å². The zero-order valence-corrected chi connectivity index (χ0v) is 10.8. The molecule has 0 aromatic carbocycles. The molecule has 0 aliphatic carbocycles. The summed E-state index contributed by atoms with van der Waals surface area (Å²) in [4.78, 5) is 19.5. The van der Waals surface area contributed by atoms with E-state index in [0.717, 1.165) is 5.69 Å². The second kappa shape index (κ2) is 5.61. The van der Waals surface area contributed by atoms with Gasteiger partial charge in [0.15, 0.2) is 0 Å². The van der Waals surface area contributed by atoms with Crippen molar-refractivity contribution in [3.8, 4) is 0 Å². The van der Waals surface area contributed by atoms with Crippen LogP contribution in [0.3, 0.4) is 0 Å². The van der Waals surface area contributed by atoms with Crippen molar-refractivity contribution in [1.29, 1.82) is 0 Å². The number of rotatable bonds is 5. The molecule has 94 valence electrons. The number of primary amides is 1. The third-order valence-corrected chi connectivity index (χ3v) is 2.56. The predicted molar refractivity (Wildman–Crippen MR) is 67.6 cm³/mol. The maximum Gasteiger partial charge on any atom is 0.240 e. The van der Waals surface area contributed by atoms with E-state index in [1.165, 1.54) is 6.33 Å². The summed E-state index contributed by atoms with van der Waals surface area (Å²) in [7, 11) is 0. The molecule has 0 saturated carbocycles. The molecular weight excluding hydrogens is 216 g/mol. The molecule has 0 aliphatic rings. The molecular formula is C12H20N4O. The molecule has 0 spiro atoms. The molecule has 1 unspecified atom stereocenters. The Labute approximate surface area is 102 Å². The van der Waals surface area contributed by atoms with E-state index in [2.05, 4.69) is 29.1 Å². The average Bonchev–Trinajstić information content (AvgIpc) is 2.25. The number of nitrogens with zero attached hydrogens (tertiary/aromatic N) is 2. The number of amides is 1. The van der Waals surface area contributed by atoms with Crippen molar-refractivity contribution in [3.05, 3.63) is 18.1 Å². The van der Waals surface area contributed by atoms with Crippen LogP contribution in [0, 0.1) is 5.92 Å². The van der Waals surface area contributed by atoms with Crippen molar-refractivity contribution in [2.24, 2.45) is 11.7 Å². The SMILES string of the molecule is CC(C)c1cc(NC(C(N)=O)C(C)C)ncn1. The van der Waals surface area contributed by atoms with Gasteiger partial charge in [0.2, 0.25) is 5.91 Å². The largest absolute Gasteiger partial charge is 0.368 e. The van der Waals surface area contributed by atoms with Crippen molar-refractivity contribution in [3.63, 3.8) is 0 Å². The third kappa shape index (κ3) is 3.69. The first-order valence-corrected chi connectivity index (χ1v) is 5.79. The van der Waals surface area contributed by atoms with E-state index in [1.807, 2.05) is 19.9 Å². The van der Waals surface area contributed by atoms with Crippen LogP contribution in [-0.2, 0) is 4.79 Å². The zero-order valence-electron chi connectivity index (χ0n) is 10.8. The number of carbonyl (C=O) groups excluding carboxylic acids is 1. The molecule has 1 rings (SSSR count). The first-order chi connectivity index (χ1) is 7.91. The Balaban J connectivity index is 2.86. The monoisotopic (exact) mass is 236 g/mol. The number of nitrogens with two attached hydrogens (primary N) is 1. The molecule has 0 fully saturated rings. The van der Waals surface area contributed by atoms with Crippen LogP contribution in [0.1, 0.15) is 39.3 Å². The van der Waals surface area contributed by atoms with E-state index in [1.54, 1.807) is 0 Å². The topological polar surface area (TPSA) is 80.9 Å². The first kappa shape index (κ1) is 13.4. The van der Waals surface area contributed by atoms with Crippen LogP contribution in [0.5, 0.6) is 0 Å². The van der Waals surface area contributed by atoms with Crippen molar-refractivity contribution < 1.29 is 4.79 Å². The van der Waals surface area contributed by atoms with Crippen LogP contribution >= 0.6 is 0 Å². The van der Waals surface area contributed by atoms with E-state index in [0.29, 0.717) is 11.7 Å². The summed E-state index contributed by atoms with van der Waals surface area (Å²) in [6.07, 6.45) is 1.50. The van der Waals surface area contributed by atoms with Gasteiger partial charge in [-0.05, 0) is 11.8 Å². The third-order valence-electron chi connectivity index (χ3n) is 2.56. The summed E-state index contributed by atoms with van der Waals surface area (Å²) in [6, 6.07) is 1.44. The minimum Gasteiger partial charge on any atom is -0.368 e. The van der Waals surface area contributed by atoms with Gasteiger partial charge in [0.1, 0.15) is 18.2 Å². The lowest BCUT2D eigenvalue weighted by Gasteiger charge is -2.19. The zero-order chi connectivity index (χ0) is 13.0. The average molecular weight is 236 g/mol. The Hall–Kier alpha value is -1.65. The highest BCUT2D eigenvalue weighted by Crippen LogP contribution is 2.15. The Morgan fingerprint density at radius 3 is 2.41 bits per heavy atom. The van der Waals surface area contributed by atoms with Gasteiger partial charge in [-0.25, -0.2) is 9.97 Å². The van der Waals surface area contributed by atoms with E-state index >= 15 is 0 Å². The summed E-state index contributed by atoms with van der Waals surface area (Å²) < 4.78 is 0. The number of hydrogen-bond acceptors (Lipinski definition) is 4. The van der Waals surface area contributed by atoms with Gasteiger partial charge in [0.25, 0.3) is 0 Å². The van der Waals surface area contributed by atoms with Gasteiger partial charge in [0.05, 0.1) is 0 Å². The minimum atomic E-state index is -0.412. The standard InChI is InChI=1S/C12H20N4O/c1-7(2)9-5-10(15-6-14-9)16-11(8(3)4)12(13)17/h5-8,11H,1-4H3,(H2,13,17)(H,14,15,16). The summed E-state index contributed by atoms with van der Waals surface area (Å²) in [5.41, 5.74) is 6.28. The fourth-order valence-electron chi connectivity index (χ4n) is 1.49. The molecule has 3 N–H and O–H groups in total. The Kier molecular flexibility index (Phi) is 4.43. The fraction of sp³-hybridized carbons (Fsp3) is 0.583. The second-order valence-electron chi connectivity index (χ2n) is 4.75. The maximum atomic E-state index is 11.3. The highest BCUT2D eigenvalue weighted by Gasteiger charge is 2.19. The molecule has 1 heterocycles. The highest BCUT2D eigenvalue weighted by atomic mass is 16.1. The molecule has 5 heteroatoms. The number of aromatic nitrogens is 2. The van der Waals surface area contributed by atoms with E-state index < -0.39 is 6.04 Å². The van der Waals surface area contributed by atoms with Gasteiger partial charge in [-0.1, -0.05) is 27.7 Å². The van der Waals surface area contributed by atoms with Crippen LogP contribution in [0.25, 0.3) is 0 Å². The lowest BCUT2D eigenvalue weighted by molar-refractivity contribution is -0.119. The lowest BCUT2D eigenvalue weighted by Crippen LogP contribution is -2.39. The number of carbonyl (C=O) groups is 1. The van der Waals surface area contributed by atoms with Crippen LogP contribution in [0.2, 0.25) is 0 Å². The summed E-state index contributed by atoms with van der Waals surface area (Å²) >= 11 is 0. The molecule has 0 bridgehead atoms. The van der Waals surface area contributed by atoms with Gasteiger partial charge in [-0.3, -0.25) is 4.79 Å². The molecule has 0 saturated heterocycles. The van der Waals surface area contributed by atoms with Gasteiger partial charge >= 0.3 is 0 Å². The van der Waals surface area contributed by atoms with E-state index in [4.69, 9.17) is 5.73 Å². The Morgan fingerprint density at radius 1 is 1.29 bits per heavy atom. The number of nitrogens with one attached hydrogen (secondary N) is 1. The molecule has 17 heavy (non-hydrogen) atoms. The van der Waals surface area contributed by atoms with Crippen molar-refractivity contribution >= 4 is 11.7 Å². The molecule has 5 nitrogen and oxygen atoms in total. The van der Waals surface area contributed by atoms with Crippen LogP contribution in [-0.4, -0.2) is 21.9 Å². The van der Waals surface area contributed by atoms with Gasteiger partial charge in [-0.2, -0.15) is 0 Å². The second-order valence-corrected chi connectivity index (χ2v) is 4.75. The summed E-state index contributed by atoms with van der Waals surface area (Å²) in [5.74, 6) is 0.709. The van der Waals surface area contributed by atoms with Gasteiger partial charge in [0, 0.05) is 11.8 Å². The van der Waals surface area contributed by atoms with E-state index in [-0.39, 0.29) is 11.8 Å². The van der Waals surface area contributed by atoms with Crippen LogP contribution in [0.4, 0.5) is 5.82 Å². The lowest BCUT2D eigenvalue weighted by atomic mass is 10.0. The van der Waals surface area contributed by atoms with Gasteiger partial charge in [-0.15, -0.1) is 0 Å². The van der Waals surface area contributed by atoms with E-state index in [9.17, 15) is 4.79 Å². The first-order valence-electron chi connectivity index (χ1n) is 5.79. The predicted octanol–water partition coefficient (Wildman–Crippen LogP) is 1.52. The molecule has 0 radical (unpaired) electrons. The maximum absolute atomic E-state index is 11.3. The van der Waals surface area contributed by atoms with Crippen molar-refractivity contribution in [2.75, 3.05) is 5.32 Å². The number of anilines is 1. The normalized spacial score (nSPS) is 12.8. The van der Waals surface area contributed by atoms with Crippen molar-refractivity contribution in [1.82, 2.24) is 9.97 Å². The number of hydrogen-bond donors (Lipinski definition) is 2. The smallest absolute Gasteiger partial charge is 0.240 e. The molecule has 1 atom stereocenters. The molecule has 1 aromatic heterocycles. The molecule has 1 amide bonds. The fourth-order valence-corrected chi connectivity index (χ4v) is 1.49. The highest BCUT2D eigenvalue weighted by molar-refractivity contribution is 5.82. The van der Waals surface area contributed by atoms with Crippen LogP contribution in [0.15, 0.2) is 12.4 Å². The van der Waals surface area contributed by atoms with Crippen LogP contribution < -0.4 is 11.1 Å². The molecule has 0 aliphatic heterocycles. The summed E-state index contributed by atoms with van der Waals surface area (Å²) in [5, 5.41) is 3.05. The minimum absolute atomic E-state index is 0.116. The Morgan fingerprint density at radius 2 is 1.94 bits per heavy atom.